The second-order valence-electron chi connectivity index (χ2n) is 7.73. The highest BCUT2D eigenvalue weighted by molar-refractivity contribution is 6.69. The van der Waals surface area contributed by atoms with E-state index in [4.69, 9.17) is 0 Å². The Morgan fingerprint density at radius 3 is 2.23 bits per heavy atom. The van der Waals surface area contributed by atoms with E-state index in [0.29, 0.717) is 0 Å². The predicted molar refractivity (Wildman–Crippen MR) is 133 cm³/mol. The van der Waals surface area contributed by atoms with Crippen LogP contribution in [0.25, 0.3) is 28.9 Å². The zero-order valence-electron chi connectivity index (χ0n) is 17.0. The molecule has 1 heteroatoms. The van der Waals surface area contributed by atoms with Crippen molar-refractivity contribution in [2.75, 3.05) is 0 Å². The van der Waals surface area contributed by atoms with Crippen molar-refractivity contribution < 1.29 is 0 Å². The zero-order chi connectivity index (χ0) is 20.5. The van der Waals surface area contributed by atoms with Crippen LogP contribution >= 0.6 is 0 Å². The van der Waals surface area contributed by atoms with Crippen molar-refractivity contribution in [2.24, 2.45) is 0 Å². The van der Waals surface area contributed by atoms with Gasteiger partial charge in [-0.25, -0.2) is 0 Å². The zero-order valence-corrected chi connectivity index (χ0v) is 18.0. The maximum absolute atomic E-state index is 3.93. The molecule has 1 radical (unpaired) electrons. The van der Waals surface area contributed by atoms with Crippen LogP contribution in [0.5, 0.6) is 0 Å². The number of allylic oxidation sites excluding steroid dienone is 3. The normalized spacial score (nSPS) is 14.3. The lowest BCUT2D eigenvalue weighted by Crippen LogP contribution is -2.03. The number of benzene rings is 3. The van der Waals surface area contributed by atoms with Crippen LogP contribution in [0.15, 0.2) is 91.7 Å². The van der Waals surface area contributed by atoms with E-state index in [9.17, 15) is 0 Å². The van der Waals surface area contributed by atoms with Crippen LogP contribution in [0, 0.1) is 0 Å². The van der Waals surface area contributed by atoms with Crippen molar-refractivity contribution in [1.82, 2.24) is 0 Å². The maximum Gasteiger partial charge on any atom is 0.0554 e. The minimum atomic E-state index is 0.900. The van der Waals surface area contributed by atoms with E-state index < -0.39 is 0 Å². The Labute approximate surface area is 181 Å². The third-order valence-electron chi connectivity index (χ3n) is 6.11. The van der Waals surface area contributed by atoms with Crippen LogP contribution in [0.3, 0.4) is 0 Å². The third-order valence-corrected chi connectivity index (χ3v) is 7.26. The van der Waals surface area contributed by atoms with E-state index in [2.05, 4.69) is 91.7 Å². The van der Waals surface area contributed by atoms with E-state index in [0.717, 1.165) is 15.6 Å². The first-order valence-electron chi connectivity index (χ1n) is 10.4. The van der Waals surface area contributed by atoms with Crippen molar-refractivity contribution in [3.63, 3.8) is 0 Å². The largest absolute Gasteiger partial charge is 0.0984 e. The molecule has 3 aromatic rings. The van der Waals surface area contributed by atoms with Gasteiger partial charge in [0.05, 0.1) is 9.13 Å². The minimum absolute atomic E-state index is 0.900. The number of hydrogen-bond acceptors (Lipinski definition) is 0. The summed E-state index contributed by atoms with van der Waals surface area (Å²) in [7, 11) is 0.900. The second-order valence-corrected chi connectivity index (χ2v) is 8.96. The fraction of sp³-hybridized carbons (Fsp3) is 0.0690. The monoisotopic (exact) mass is 399 g/mol. The lowest BCUT2D eigenvalue weighted by atomic mass is 9.96. The van der Waals surface area contributed by atoms with Crippen LogP contribution in [-0.4, -0.2) is 14.3 Å². The quantitative estimate of drug-likeness (QED) is 0.334. The molecule has 0 aromatic heterocycles. The molecular formula is C29H23Si. The van der Waals surface area contributed by atoms with E-state index in [1.165, 1.54) is 56.5 Å². The average Bonchev–Trinajstić information content (AvgIpc) is 3.37. The summed E-state index contributed by atoms with van der Waals surface area (Å²) < 4.78 is 0. The highest BCUT2D eigenvalue weighted by Crippen LogP contribution is 2.39. The van der Waals surface area contributed by atoms with Gasteiger partial charge >= 0.3 is 0 Å². The average molecular weight is 400 g/mol. The first-order valence-corrected chi connectivity index (χ1v) is 11.4. The molecule has 1 heterocycles. The Hall–Kier alpha value is -3.29. The molecule has 6 rings (SSSR count). The van der Waals surface area contributed by atoms with Crippen LogP contribution in [0.1, 0.15) is 33.4 Å². The summed E-state index contributed by atoms with van der Waals surface area (Å²) in [6.45, 7) is 7.80. The van der Waals surface area contributed by atoms with Crippen LogP contribution < -0.4 is 0 Å². The fourth-order valence-electron chi connectivity index (χ4n) is 4.67. The summed E-state index contributed by atoms with van der Waals surface area (Å²) >= 11 is 0. The van der Waals surface area contributed by atoms with Crippen molar-refractivity contribution in [2.45, 2.75) is 12.8 Å². The Balaban J connectivity index is 0.000000133. The SMILES string of the molecule is C1=C[Si]=C2Cc3ccccc3C2=C1.C=Cc1ccc2c(c1C=C)Cc1ccccc1-2. The molecule has 0 saturated carbocycles. The Bertz CT molecular complexity index is 1270. The molecule has 0 atom stereocenters. The standard InChI is InChI=1S/C17H14.C12H9Si/c1-3-12-9-10-16-15-8-6-5-7-13(15)11-17(16)14(12)4-2;1-2-5-10-9(4-1)8-12-11(10)6-3-7-13-12/h3-10H,1-2,11H2;1-7H,8H2. The molecule has 0 bridgehead atoms. The van der Waals surface area contributed by atoms with Gasteiger partial charge in [-0.2, -0.15) is 0 Å². The Kier molecular flexibility index (Phi) is 4.90. The summed E-state index contributed by atoms with van der Waals surface area (Å²) in [5.41, 5.74) is 14.6. The van der Waals surface area contributed by atoms with Gasteiger partial charge in [-0.1, -0.05) is 109 Å². The molecule has 0 saturated heterocycles. The Morgan fingerprint density at radius 2 is 1.47 bits per heavy atom. The van der Waals surface area contributed by atoms with Gasteiger partial charge in [0.25, 0.3) is 0 Å². The van der Waals surface area contributed by atoms with Crippen LogP contribution in [-0.2, 0) is 12.8 Å². The molecule has 30 heavy (non-hydrogen) atoms. The molecular weight excluding hydrogens is 376 g/mol. The van der Waals surface area contributed by atoms with Crippen LogP contribution in [0.2, 0.25) is 0 Å². The fourth-order valence-corrected chi connectivity index (χ4v) is 5.73. The molecule has 0 amide bonds. The molecule has 2 aliphatic carbocycles. The molecule has 0 unspecified atom stereocenters. The second kappa shape index (κ2) is 7.85. The molecule has 0 fully saturated rings. The van der Waals surface area contributed by atoms with Gasteiger partial charge in [0.2, 0.25) is 0 Å². The molecule has 3 aliphatic rings. The summed E-state index contributed by atoms with van der Waals surface area (Å²) in [6.07, 6.45) is 10.5. The van der Waals surface area contributed by atoms with E-state index >= 15 is 0 Å². The van der Waals surface area contributed by atoms with Gasteiger partial charge in [0, 0.05) is 0 Å². The van der Waals surface area contributed by atoms with E-state index in [1.54, 1.807) is 5.17 Å². The summed E-state index contributed by atoms with van der Waals surface area (Å²) in [5.74, 6) is 0. The smallest absolute Gasteiger partial charge is 0.0554 e. The predicted octanol–water partition coefficient (Wildman–Crippen LogP) is 6.57. The highest BCUT2D eigenvalue weighted by atomic mass is 28.2. The molecule has 0 spiro atoms. The number of hydrogen-bond donors (Lipinski definition) is 0. The van der Waals surface area contributed by atoms with Crippen molar-refractivity contribution in [3.8, 4) is 11.1 Å². The van der Waals surface area contributed by atoms with Crippen molar-refractivity contribution >= 4 is 32.0 Å². The number of fused-ring (bicyclic) bond motifs is 6. The molecule has 0 N–H and O–H groups in total. The van der Waals surface area contributed by atoms with E-state index in [1.807, 2.05) is 12.2 Å². The summed E-state index contributed by atoms with van der Waals surface area (Å²) in [5, 5.41) is 1.61. The molecule has 1 aliphatic heterocycles. The first-order chi connectivity index (χ1) is 14.8. The molecule has 0 nitrogen and oxygen atoms in total. The highest BCUT2D eigenvalue weighted by Gasteiger charge is 2.21. The summed E-state index contributed by atoms with van der Waals surface area (Å²) in [6, 6.07) is 21.7. The van der Waals surface area contributed by atoms with Gasteiger partial charge in [-0.05, 0) is 62.9 Å². The van der Waals surface area contributed by atoms with Crippen molar-refractivity contribution in [3.05, 3.63) is 125 Å². The Morgan fingerprint density at radius 1 is 0.733 bits per heavy atom. The van der Waals surface area contributed by atoms with Crippen molar-refractivity contribution in [1.29, 1.82) is 0 Å². The van der Waals surface area contributed by atoms with E-state index in [-0.39, 0.29) is 0 Å². The van der Waals surface area contributed by atoms with Gasteiger partial charge < -0.3 is 0 Å². The maximum atomic E-state index is 3.93. The molecule has 143 valence electrons. The van der Waals surface area contributed by atoms with Gasteiger partial charge in [-0.15, -0.1) is 0 Å². The van der Waals surface area contributed by atoms with Gasteiger partial charge in [0.1, 0.15) is 0 Å². The van der Waals surface area contributed by atoms with Crippen LogP contribution in [0.4, 0.5) is 0 Å². The molecule has 3 aromatic carbocycles. The van der Waals surface area contributed by atoms with Gasteiger partial charge in [0.15, 0.2) is 0 Å². The van der Waals surface area contributed by atoms with Gasteiger partial charge in [-0.3, -0.25) is 0 Å². The lowest BCUT2D eigenvalue weighted by molar-refractivity contribution is 1.25. The topological polar surface area (TPSA) is 0 Å². The number of rotatable bonds is 2. The lowest BCUT2D eigenvalue weighted by Gasteiger charge is -2.08. The minimum Gasteiger partial charge on any atom is -0.0984 e. The first kappa shape index (κ1) is 18.7. The third kappa shape index (κ3) is 3.12. The summed E-state index contributed by atoms with van der Waals surface area (Å²) in [4.78, 5) is 0.